The van der Waals surface area contributed by atoms with Gasteiger partial charge in [0.15, 0.2) is 6.61 Å². The fourth-order valence-electron chi connectivity index (χ4n) is 3.63. The molecule has 3 aromatic rings. The molecule has 1 heterocycles. The van der Waals surface area contributed by atoms with Gasteiger partial charge in [-0.1, -0.05) is 53.5 Å². The van der Waals surface area contributed by atoms with E-state index in [9.17, 15) is 18.0 Å². The number of fused-ring (bicyclic) bond motifs is 1. The highest BCUT2D eigenvalue weighted by atomic mass is 35.5. The van der Waals surface area contributed by atoms with Gasteiger partial charge in [0.25, 0.3) is 15.9 Å². The molecule has 0 atom stereocenters. The van der Waals surface area contributed by atoms with E-state index >= 15 is 0 Å². The molecule has 3 aromatic carbocycles. The summed E-state index contributed by atoms with van der Waals surface area (Å²) in [6.45, 7) is 1.48. The first-order valence-corrected chi connectivity index (χ1v) is 12.5. The number of carbonyl (C=O) groups is 2. The molecule has 0 unspecified atom stereocenters. The number of anilines is 2. The lowest BCUT2D eigenvalue weighted by molar-refractivity contribution is -0.119. The number of benzene rings is 3. The molecule has 0 radical (unpaired) electrons. The Bertz CT molecular complexity index is 1390. The number of sulfonamides is 1. The summed E-state index contributed by atoms with van der Waals surface area (Å²) in [5.41, 5.74) is 2.52. The largest absolute Gasteiger partial charge is 0.452 e. The second-order valence-corrected chi connectivity index (χ2v) is 10.3. The molecule has 0 saturated heterocycles. The van der Waals surface area contributed by atoms with E-state index in [1.807, 2.05) is 12.1 Å². The van der Waals surface area contributed by atoms with Crippen molar-refractivity contribution in [3.05, 3.63) is 87.4 Å². The van der Waals surface area contributed by atoms with Crippen molar-refractivity contribution in [2.75, 3.05) is 22.8 Å². The molecule has 0 bridgehead atoms. The summed E-state index contributed by atoms with van der Waals surface area (Å²) in [5.74, 6) is -1.48. The topological polar surface area (TPSA) is 92.8 Å². The average Bonchev–Trinajstić information content (AvgIpc) is 3.28. The molecule has 0 aromatic heterocycles. The molecule has 34 heavy (non-hydrogen) atoms. The zero-order valence-corrected chi connectivity index (χ0v) is 20.4. The molecule has 0 spiro atoms. The SMILES string of the molecule is Cc1ccc(Cl)c(NC(=O)COC(=O)c2cccc(S(=O)(=O)N3CCc4ccccc43)c2)c1Cl. The fourth-order valence-corrected chi connectivity index (χ4v) is 5.64. The van der Waals surface area contributed by atoms with Crippen molar-refractivity contribution in [1.29, 1.82) is 0 Å². The number of hydrogen-bond donors (Lipinski definition) is 1. The highest BCUT2D eigenvalue weighted by molar-refractivity contribution is 7.92. The van der Waals surface area contributed by atoms with Crippen LogP contribution in [0, 0.1) is 6.92 Å². The minimum absolute atomic E-state index is 0.00739. The number of amides is 1. The zero-order valence-electron chi connectivity index (χ0n) is 18.0. The van der Waals surface area contributed by atoms with Crippen LogP contribution in [0.1, 0.15) is 21.5 Å². The Kier molecular flexibility index (Phi) is 6.84. The molecule has 1 aliphatic heterocycles. The molecule has 0 saturated carbocycles. The number of aryl methyl sites for hydroxylation is 1. The maximum absolute atomic E-state index is 13.2. The van der Waals surface area contributed by atoms with Gasteiger partial charge in [-0.3, -0.25) is 9.10 Å². The lowest BCUT2D eigenvalue weighted by Crippen LogP contribution is -2.29. The summed E-state index contributed by atoms with van der Waals surface area (Å²) in [6.07, 6.45) is 0.612. The van der Waals surface area contributed by atoms with E-state index in [4.69, 9.17) is 27.9 Å². The van der Waals surface area contributed by atoms with Crippen LogP contribution in [0.5, 0.6) is 0 Å². The van der Waals surface area contributed by atoms with Crippen molar-refractivity contribution in [1.82, 2.24) is 0 Å². The van der Waals surface area contributed by atoms with Gasteiger partial charge in [-0.05, 0) is 54.8 Å². The van der Waals surface area contributed by atoms with Crippen LogP contribution in [0.2, 0.25) is 10.0 Å². The van der Waals surface area contributed by atoms with Gasteiger partial charge in [-0.2, -0.15) is 0 Å². The molecule has 1 N–H and O–H groups in total. The molecule has 7 nitrogen and oxygen atoms in total. The van der Waals surface area contributed by atoms with Crippen LogP contribution in [-0.4, -0.2) is 33.4 Å². The summed E-state index contributed by atoms with van der Waals surface area (Å²) in [5, 5.41) is 3.06. The maximum Gasteiger partial charge on any atom is 0.338 e. The van der Waals surface area contributed by atoms with Gasteiger partial charge in [0.05, 0.1) is 31.9 Å². The van der Waals surface area contributed by atoms with Gasteiger partial charge in [0.2, 0.25) is 0 Å². The van der Waals surface area contributed by atoms with Gasteiger partial charge < -0.3 is 10.1 Å². The molecular weight excluding hydrogens is 499 g/mol. The second-order valence-electron chi connectivity index (χ2n) is 7.66. The molecule has 4 rings (SSSR count). The highest BCUT2D eigenvalue weighted by Gasteiger charge is 2.31. The lowest BCUT2D eigenvalue weighted by atomic mass is 10.2. The van der Waals surface area contributed by atoms with Crippen LogP contribution >= 0.6 is 23.2 Å². The molecule has 176 valence electrons. The first-order valence-electron chi connectivity index (χ1n) is 10.3. The number of ether oxygens (including phenoxy) is 1. The number of nitrogens with zero attached hydrogens (tertiary/aromatic N) is 1. The van der Waals surface area contributed by atoms with Crippen LogP contribution in [0.25, 0.3) is 0 Å². The number of rotatable bonds is 6. The van der Waals surface area contributed by atoms with E-state index in [1.165, 1.54) is 28.6 Å². The number of esters is 1. The van der Waals surface area contributed by atoms with E-state index < -0.39 is 28.5 Å². The van der Waals surface area contributed by atoms with Crippen LogP contribution < -0.4 is 9.62 Å². The first kappa shape index (κ1) is 24.1. The summed E-state index contributed by atoms with van der Waals surface area (Å²) in [4.78, 5) is 24.8. The molecular formula is C24H20Cl2N2O5S. The third-order valence-electron chi connectivity index (χ3n) is 5.39. The van der Waals surface area contributed by atoms with Crippen molar-refractivity contribution in [2.24, 2.45) is 0 Å². The maximum atomic E-state index is 13.2. The Balaban J connectivity index is 1.46. The zero-order chi connectivity index (χ0) is 24.5. The summed E-state index contributed by atoms with van der Waals surface area (Å²) in [6, 6.07) is 16.1. The Morgan fingerprint density at radius 1 is 1.06 bits per heavy atom. The molecule has 1 amide bonds. The number of halogens is 2. The summed E-state index contributed by atoms with van der Waals surface area (Å²) >= 11 is 12.3. The summed E-state index contributed by atoms with van der Waals surface area (Å²) < 4.78 is 32.8. The third kappa shape index (κ3) is 4.75. The van der Waals surface area contributed by atoms with E-state index in [0.29, 0.717) is 18.7 Å². The van der Waals surface area contributed by atoms with Gasteiger partial charge in [0.1, 0.15) is 0 Å². The average molecular weight is 519 g/mol. The quantitative estimate of drug-likeness (QED) is 0.470. The lowest BCUT2D eigenvalue weighted by Gasteiger charge is -2.19. The third-order valence-corrected chi connectivity index (χ3v) is 8.00. The van der Waals surface area contributed by atoms with Gasteiger partial charge in [0, 0.05) is 6.54 Å². The van der Waals surface area contributed by atoms with Gasteiger partial charge >= 0.3 is 5.97 Å². The molecule has 0 aliphatic carbocycles. The van der Waals surface area contributed by atoms with Crippen molar-refractivity contribution in [3.63, 3.8) is 0 Å². The normalized spacial score (nSPS) is 12.9. The van der Waals surface area contributed by atoms with Crippen molar-refractivity contribution < 1.29 is 22.7 Å². The van der Waals surface area contributed by atoms with Crippen LogP contribution in [0.3, 0.4) is 0 Å². The van der Waals surface area contributed by atoms with E-state index in [1.54, 1.807) is 31.2 Å². The predicted molar refractivity (Wildman–Crippen MR) is 131 cm³/mol. The number of nitrogens with one attached hydrogen (secondary N) is 1. The minimum atomic E-state index is -3.88. The fraction of sp³-hybridized carbons (Fsp3) is 0.167. The van der Waals surface area contributed by atoms with Crippen molar-refractivity contribution >= 4 is 56.5 Å². The molecule has 0 fully saturated rings. The number of hydrogen-bond acceptors (Lipinski definition) is 5. The van der Waals surface area contributed by atoms with Crippen molar-refractivity contribution in [3.8, 4) is 0 Å². The summed E-state index contributed by atoms with van der Waals surface area (Å²) in [7, 11) is -3.88. The standard InChI is InChI=1S/C24H20Cl2N2O5S/c1-15-9-10-19(25)23(22(15)26)27-21(29)14-33-24(30)17-6-4-7-18(13-17)34(31,32)28-12-11-16-5-2-3-8-20(16)28/h2-10,13H,11-12,14H2,1H3,(H,27,29). The minimum Gasteiger partial charge on any atom is -0.452 e. The number of para-hydroxylation sites is 1. The Hall–Kier alpha value is -3.07. The first-order chi connectivity index (χ1) is 16.2. The Labute approximate surface area is 207 Å². The monoisotopic (exact) mass is 518 g/mol. The number of carbonyl (C=O) groups excluding carboxylic acids is 2. The van der Waals surface area contributed by atoms with Crippen molar-refractivity contribution in [2.45, 2.75) is 18.2 Å². The predicted octanol–water partition coefficient (Wildman–Crippen LogP) is 4.85. The van der Waals surface area contributed by atoms with E-state index in [-0.39, 0.29) is 26.2 Å². The molecule has 10 heteroatoms. The van der Waals surface area contributed by atoms with Crippen LogP contribution in [-0.2, 0) is 26.0 Å². The van der Waals surface area contributed by atoms with Crippen LogP contribution in [0.4, 0.5) is 11.4 Å². The van der Waals surface area contributed by atoms with Gasteiger partial charge in [-0.25, -0.2) is 13.2 Å². The Morgan fingerprint density at radius 3 is 2.62 bits per heavy atom. The highest BCUT2D eigenvalue weighted by Crippen LogP contribution is 2.34. The second kappa shape index (κ2) is 9.66. The van der Waals surface area contributed by atoms with Gasteiger partial charge in [-0.15, -0.1) is 0 Å². The van der Waals surface area contributed by atoms with E-state index in [0.717, 1.165) is 11.1 Å². The van der Waals surface area contributed by atoms with Crippen LogP contribution in [0.15, 0.2) is 65.6 Å². The van der Waals surface area contributed by atoms with E-state index in [2.05, 4.69) is 5.32 Å². The molecule has 1 aliphatic rings. The Morgan fingerprint density at radius 2 is 1.82 bits per heavy atom. The smallest absolute Gasteiger partial charge is 0.338 e.